The van der Waals surface area contributed by atoms with E-state index in [4.69, 9.17) is 5.73 Å². The molecule has 1 saturated carbocycles. The van der Waals surface area contributed by atoms with Crippen LogP contribution < -0.4 is 10.6 Å². The first-order chi connectivity index (χ1) is 8.59. The molecule has 0 saturated heterocycles. The van der Waals surface area contributed by atoms with Crippen molar-refractivity contribution >= 4 is 21.6 Å². The van der Waals surface area contributed by atoms with E-state index in [1.54, 1.807) is 0 Å². The number of hydrogen-bond donors (Lipinski definition) is 1. The quantitative estimate of drug-likeness (QED) is 0.923. The van der Waals surface area contributed by atoms with Gasteiger partial charge in [-0.25, -0.2) is 0 Å². The Morgan fingerprint density at radius 1 is 1.22 bits per heavy atom. The molecule has 0 atom stereocenters. The van der Waals surface area contributed by atoms with E-state index in [0.29, 0.717) is 0 Å². The van der Waals surface area contributed by atoms with E-state index in [2.05, 4.69) is 53.1 Å². The standard InChI is InChI=1S/C15H23BrN2/c1-18(2)14-7-6-12(10-13(14)16)15(11-17)8-4-3-5-9-15/h6-7,10H,3-5,8-9,11,17H2,1-2H3. The maximum atomic E-state index is 6.09. The molecule has 0 amide bonds. The lowest BCUT2D eigenvalue weighted by Crippen LogP contribution is -2.37. The average Bonchev–Trinajstić information content (AvgIpc) is 2.39. The summed E-state index contributed by atoms with van der Waals surface area (Å²) in [4.78, 5) is 2.13. The molecule has 1 aliphatic rings. The van der Waals surface area contributed by atoms with E-state index < -0.39 is 0 Å². The van der Waals surface area contributed by atoms with Crippen molar-refractivity contribution in [1.29, 1.82) is 0 Å². The normalized spacial score (nSPS) is 18.7. The Hall–Kier alpha value is -0.540. The van der Waals surface area contributed by atoms with Crippen LogP contribution in [0, 0.1) is 0 Å². The van der Waals surface area contributed by atoms with E-state index in [-0.39, 0.29) is 5.41 Å². The minimum atomic E-state index is 0.214. The fraction of sp³-hybridized carbons (Fsp3) is 0.600. The van der Waals surface area contributed by atoms with Gasteiger partial charge in [-0.15, -0.1) is 0 Å². The number of anilines is 1. The molecule has 0 aliphatic heterocycles. The molecule has 0 heterocycles. The maximum absolute atomic E-state index is 6.09. The van der Waals surface area contributed by atoms with Gasteiger partial charge in [-0.3, -0.25) is 0 Å². The molecule has 2 N–H and O–H groups in total. The lowest BCUT2D eigenvalue weighted by Gasteiger charge is -2.37. The summed E-state index contributed by atoms with van der Waals surface area (Å²) in [5.74, 6) is 0. The Morgan fingerprint density at radius 2 is 1.89 bits per heavy atom. The first-order valence-electron chi connectivity index (χ1n) is 6.76. The van der Waals surface area contributed by atoms with Crippen LogP contribution in [-0.2, 0) is 5.41 Å². The predicted molar refractivity (Wildman–Crippen MR) is 82.3 cm³/mol. The molecule has 1 aliphatic carbocycles. The maximum Gasteiger partial charge on any atom is 0.0505 e. The third-order valence-corrected chi connectivity index (χ3v) is 4.88. The van der Waals surface area contributed by atoms with Gasteiger partial charge in [-0.2, -0.15) is 0 Å². The molecule has 0 radical (unpaired) electrons. The van der Waals surface area contributed by atoms with Crippen molar-refractivity contribution in [2.75, 3.05) is 25.5 Å². The highest BCUT2D eigenvalue weighted by Gasteiger charge is 2.32. The van der Waals surface area contributed by atoms with Crippen LogP contribution in [0.2, 0.25) is 0 Å². The lowest BCUT2D eigenvalue weighted by molar-refractivity contribution is 0.301. The molecule has 18 heavy (non-hydrogen) atoms. The van der Waals surface area contributed by atoms with E-state index in [1.165, 1.54) is 47.8 Å². The summed E-state index contributed by atoms with van der Waals surface area (Å²) in [5, 5.41) is 0. The van der Waals surface area contributed by atoms with E-state index >= 15 is 0 Å². The first kappa shape index (κ1) is 13.9. The SMILES string of the molecule is CN(C)c1ccc(C2(CN)CCCCC2)cc1Br. The monoisotopic (exact) mass is 310 g/mol. The summed E-state index contributed by atoms with van der Waals surface area (Å²) >= 11 is 3.69. The molecular weight excluding hydrogens is 288 g/mol. The third kappa shape index (κ3) is 2.57. The van der Waals surface area contributed by atoms with E-state index in [9.17, 15) is 0 Å². The fourth-order valence-corrected chi connectivity index (χ4v) is 3.77. The second-order valence-corrected chi connectivity index (χ2v) is 6.46. The Kier molecular flexibility index (Phi) is 4.33. The summed E-state index contributed by atoms with van der Waals surface area (Å²) < 4.78 is 1.17. The minimum absolute atomic E-state index is 0.214. The van der Waals surface area contributed by atoms with Crippen LogP contribution in [0.15, 0.2) is 22.7 Å². The molecule has 0 bridgehead atoms. The molecule has 0 spiro atoms. The van der Waals surface area contributed by atoms with Crippen molar-refractivity contribution in [2.45, 2.75) is 37.5 Å². The van der Waals surface area contributed by atoms with Gasteiger partial charge in [0.1, 0.15) is 0 Å². The van der Waals surface area contributed by atoms with E-state index in [0.717, 1.165) is 6.54 Å². The molecule has 2 nitrogen and oxygen atoms in total. The minimum Gasteiger partial charge on any atom is -0.377 e. The summed E-state index contributed by atoms with van der Waals surface area (Å²) in [6.07, 6.45) is 6.45. The average molecular weight is 311 g/mol. The summed E-state index contributed by atoms with van der Waals surface area (Å²) in [5.41, 5.74) is 8.93. The Morgan fingerprint density at radius 3 is 2.39 bits per heavy atom. The molecular formula is C15H23BrN2. The zero-order valence-electron chi connectivity index (χ0n) is 11.4. The van der Waals surface area contributed by atoms with Gasteiger partial charge in [0.15, 0.2) is 0 Å². The summed E-state index contributed by atoms with van der Waals surface area (Å²) in [6.45, 7) is 0.765. The smallest absolute Gasteiger partial charge is 0.0505 e. The van der Waals surface area contributed by atoms with Crippen LogP contribution in [0.1, 0.15) is 37.7 Å². The molecule has 2 rings (SSSR count). The van der Waals surface area contributed by atoms with Crippen LogP contribution in [0.3, 0.4) is 0 Å². The van der Waals surface area contributed by atoms with Crippen LogP contribution in [0.25, 0.3) is 0 Å². The second kappa shape index (κ2) is 5.62. The number of nitrogens with two attached hydrogens (primary N) is 1. The van der Waals surface area contributed by atoms with Gasteiger partial charge in [0.2, 0.25) is 0 Å². The van der Waals surface area contributed by atoms with Gasteiger partial charge in [0.25, 0.3) is 0 Å². The summed E-state index contributed by atoms with van der Waals surface area (Å²) in [7, 11) is 4.14. The van der Waals surface area contributed by atoms with Crippen molar-refractivity contribution in [3.8, 4) is 0 Å². The molecule has 100 valence electrons. The van der Waals surface area contributed by atoms with Crippen molar-refractivity contribution in [3.05, 3.63) is 28.2 Å². The lowest BCUT2D eigenvalue weighted by atomic mass is 9.69. The molecule has 0 unspecified atom stereocenters. The van der Waals surface area contributed by atoms with Crippen molar-refractivity contribution in [1.82, 2.24) is 0 Å². The van der Waals surface area contributed by atoms with Crippen molar-refractivity contribution in [3.63, 3.8) is 0 Å². The van der Waals surface area contributed by atoms with Gasteiger partial charge < -0.3 is 10.6 Å². The highest BCUT2D eigenvalue weighted by Crippen LogP contribution is 2.40. The zero-order chi connectivity index (χ0) is 13.2. The van der Waals surface area contributed by atoms with Gasteiger partial charge in [0.05, 0.1) is 5.69 Å². The van der Waals surface area contributed by atoms with Gasteiger partial charge >= 0.3 is 0 Å². The second-order valence-electron chi connectivity index (χ2n) is 5.61. The van der Waals surface area contributed by atoms with Gasteiger partial charge in [0, 0.05) is 30.5 Å². The Bertz CT molecular complexity index is 409. The van der Waals surface area contributed by atoms with Crippen LogP contribution >= 0.6 is 15.9 Å². The topological polar surface area (TPSA) is 29.3 Å². The molecule has 3 heteroatoms. The van der Waals surface area contributed by atoms with E-state index in [1.807, 2.05) is 0 Å². The zero-order valence-corrected chi connectivity index (χ0v) is 13.0. The molecule has 1 fully saturated rings. The number of halogens is 1. The summed E-state index contributed by atoms with van der Waals surface area (Å²) in [6, 6.07) is 6.73. The van der Waals surface area contributed by atoms with Crippen LogP contribution in [0.4, 0.5) is 5.69 Å². The number of benzene rings is 1. The van der Waals surface area contributed by atoms with Crippen LogP contribution in [-0.4, -0.2) is 20.6 Å². The molecule has 1 aromatic carbocycles. The number of nitrogens with zero attached hydrogens (tertiary/aromatic N) is 1. The number of hydrogen-bond acceptors (Lipinski definition) is 2. The van der Waals surface area contributed by atoms with Gasteiger partial charge in [-0.05, 0) is 46.5 Å². The fourth-order valence-electron chi connectivity index (χ4n) is 3.04. The third-order valence-electron chi connectivity index (χ3n) is 4.24. The Balaban J connectivity index is 2.34. The van der Waals surface area contributed by atoms with Crippen LogP contribution in [0.5, 0.6) is 0 Å². The van der Waals surface area contributed by atoms with Crippen molar-refractivity contribution in [2.24, 2.45) is 5.73 Å². The number of rotatable bonds is 3. The highest BCUT2D eigenvalue weighted by atomic mass is 79.9. The predicted octanol–water partition coefficient (Wildman–Crippen LogP) is 3.68. The molecule has 1 aromatic rings. The largest absolute Gasteiger partial charge is 0.377 e. The Labute approximate surface area is 119 Å². The first-order valence-corrected chi connectivity index (χ1v) is 7.56. The molecule has 0 aromatic heterocycles. The van der Waals surface area contributed by atoms with Gasteiger partial charge in [-0.1, -0.05) is 25.3 Å². The highest BCUT2D eigenvalue weighted by molar-refractivity contribution is 9.10. The van der Waals surface area contributed by atoms with Crippen molar-refractivity contribution < 1.29 is 0 Å².